The van der Waals surface area contributed by atoms with E-state index >= 15 is 0 Å². The second kappa shape index (κ2) is 2.91. The summed E-state index contributed by atoms with van der Waals surface area (Å²) in [6.07, 6.45) is 4.44. The van der Waals surface area contributed by atoms with Crippen molar-refractivity contribution in [3.8, 4) is 0 Å². The highest BCUT2D eigenvalue weighted by atomic mass is 15.4. The minimum atomic E-state index is 0.504. The van der Waals surface area contributed by atoms with E-state index in [9.17, 15) is 0 Å². The molecular formula is C16H17N. The Morgan fingerprint density at radius 1 is 1.47 bits per heavy atom. The van der Waals surface area contributed by atoms with Crippen molar-refractivity contribution in [1.82, 2.24) is 4.90 Å². The molecule has 0 aromatic heterocycles. The van der Waals surface area contributed by atoms with E-state index in [4.69, 9.17) is 0 Å². The molecule has 3 aliphatic rings. The summed E-state index contributed by atoms with van der Waals surface area (Å²) >= 11 is 0. The largest absolute Gasteiger partial charge is 0.298 e. The average Bonchev–Trinajstić information content (AvgIpc) is 2.64. The number of fused-ring (bicyclic) bond motifs is 1. The molecule has 1 saturated carbocycles. The number of piperidine rings is 1. The molecule has 0 radical (unpaired) electrons. The van der Waals surface area contributed by atoms with Gasteiger partial charge in [-0.1, -0.05) is 43.0 Å². The Bertz CT molecular complexity index is 536. The van der Waals surface area contributed by atoms with Gasteiger partial charge in [-0.2, -0.15) is 0 Å². The van der Waals surface area contributed by atoms with E-state index in [1.54, 1.807) is 0 Å². The minimum absolute atomic E-state index is 0.504. The maximum Gasteiger partial charge on any atom is 0.0295 e. The lowest BCUT2D eigenvalue weighted by Gasteiger charge is -2.38. The van der Waals surface area contributed by atoms with Crippen LogP contribution in [0, 0.1) is 18.3 Å². The van der Waals surface area contributed by atoms with Crippen molar-refractivity contribution in [1.29, 1.82) is 0 Å². The van der Waals surface area contributed by atoms with E-state index in [1.807, 2.05) is 0 Å². The standard InChI is InChI=1S/C16H17N/c1-3-13(8-12-7-5-4-6-11(12)2)16-10-17-9-14(16)15(16)17/h3-8,14-15H,1,9-10H2,2H3/b13-8+. The van der Waals surface area contributed by atoms with Gasteiger partial charge in [-0.25, -0.2) is 0 Å². The summed E-state index contributed by atoms with van der Waals surface area (Å²) in [6, 6.07) is 9.47. The maximum atomic E-state index is 4.03. The molecule has 0 N–H and O–H groups in total. The molecule has 2 saturated heterocycles. The fourth-order valence-electron chi connectivity index (χ4n) is 3.94. The van der Waals surface area contributed by atoms with Gasteiger partial charge in [0.2, 0.25) is 0 Å². The van der Waals surface area contributed by atoms with Crippen LogP contribution in [0.1, 0.15) is 11.1 Å². The summed E-state index contributed by atoms with van der Waals surface area (Å²) in [5.74, 6) is 0.941. The zero-order valence-corrected chi connectivity index (χ0v) is 10.2. The molecule has 1 heteroatoms. The molecule has 86 valence electrons. The molecule has 1 aromatic rings. The number of benzene rings is 1. The van der Waals surface area contributed by atoms with Gasteiger partial charge in [0.25, 0.3) is 0 Å². The molecule has 1 aromatic carbocycles. The first-order chi connectivity index (χ1) is 8.27. The number of allylic oxidation sites excluding steroid dienone is 1. The van der Waals surface area contributed by atoms with Crippen molar-refractivity contribution in [3.63, 3.8) is 0 Å². The van der Waals surface area contributed by atoms with Crippen LogP contribution >= 0.6 is 0 Å². The van der Waals surface area contributed by atoms with E-state index in [-0.39, 0.29) is 0 Å². The van der Waals surface area contributed by atoms with Gasteiger partial charge in [0.1, 0.15) is 0 Å². The predicted molar refractivity (Wildman–Crippen MR) is 70.6 cm³/mol. The lowest BCUT2D eigenvalue weighted by Crippen LogP contribution is -2.48. The Morgan fingerprint density at radius 2 is 2.29 bits per heavy atom. The van der Waals surface area contributed by atoms with Gasteiger partial charge in [0.05, 0.1) is 0 Å². The van der Waals surface area contributed by atoms with Gasteiger partial charge < -0.3 is 0 Å². The summed E-state index contributed by atoms with van der Waals surface area (Å²) in [4.78, 5) is 2.58. The third-order valence-electron chi connectivity index (χ3n) is 5.01. The third-order valence-corrected chi connectivity index (χ3v) is 5.01. The van der Waals surface area contributed by atoms with Crippen LogP contribution in [-0.4, -0.2) is 24.0 Å². The summed E-state index contributed by atoms with van der Waals surface area (Å²) in [5.41, 5.74) is 4.67. The predicted octanol–water partition coefficient (Wildman–Crippen LogP) is 2.88. The summed E-state index contributed by atoms with van der Waals surface area (Å²) in [5, 5.41) is 0. The zero-order chi connectivity index (χ0) is 11.6. The molecule has 0 amide bonds. The van der Waals surface area contributed by atoms with Crippen LogP contribution in [0.3, 0.4) is 0 Å². The second-order valence-corrected chi connectivity index (χ2v) is 5.68. The Balaban J connectivity index is 1.73. The molecule has 2 aliphatic heterocycles. The van der Waals surface area contributed by atoms with Gasteiger partial charge in [-0.05, 0) is 23.6 Å². The fraction of sp³-hybridized carbons (Fsp3) is 0.375. The highest BCUT2D eigenvalue weighted by molar-refractivity contribution is 5.65. The van der Waals surface area contributed by atoms with Crippen LogP contribution in [0.4, 0.5) is 0 Å². The first-order valence-electron chi connectivity index (χ1n) is 6.41. The quantitative estimate of drug-likeness (QED) is 0.712. The van der Waals surface area contributed by atoms with Crippen molar-refractivity contribution >= 4 is 6.08 Å². The Labute approximate surface area is 102 Å². The monoisotopic (exact) mass is 223 g/mol. The van der Waals surface area contributed by atoms with Crippen molar-refractivity contribution in [2.75, 3.05) is 13.1 Å². The second-order valence-electron chi connectivity index (χ2n) is 5.68. The SMILES string of the molecule is C=C/C(=C\c1ccccc1C)C12CN3CC1C32. The number of aryl methyl sites for hydroxylation is 1. The number of hydrogen-bond donors (Lipinski definition) is 0. The van der Waals surface area contributed by atoms with E-state index in [1.165, 1.54) is 29.8 Å². The fourth-order valence-corrected chi connectivity index (χ4v) is 3.94. The maximum absolute atomic E-state index is 4.03. The summed E-state index contributed by atoms with van der Waals surface area (Å²) < 4.78 is 0. The summed E-state index contributed by atoms with van der Waals surface area (Å²) in [7, 11) is 0. The first-order valence-corrected chi connectivity index (χ1v) is 6.41. The Morgan fingerprint density at radius 3 is 2.82 bits per heavy atom. The van der Waals surface area contributed by atoms with Crippen LogP contribution < -0.4 is 0 Å². The minimum Gasteiger partial charge on any atom is -0.298 e. The van der Waals surface area contributed by atoms with Gasteiger partial charge >= 0.3 is 0 Å². The van der Waals surface area contributed by atoms with E-state index in [2.05, 4.69) is 54.8 Å². The molecule has 4 rings (SSSR count). The molecule has 0 bridgehead atoms. The van der Waals surface area contributed by atoms with E-state index in [0.717, 1.165) is 12.0 Å². The molecule has 1 nitrogen and oxygen atoms in total. The van der Waals surface area contributed by atoms with Crippen molar-refractivity contribution < 1.29 is 0 Å². The van der Waals surface area contributed by atoms with Gasteiger partial charge in [0.15, 0.2) is 0 Å². The average molecular weight is 223 g/mol. The van der Waals surface area contributed by atoms with Gasteiger partial charge in [0, 0.05) is 30.5 Å². The zero-order valence-electron chi connectivity index (χ0n) is 10.2. The number of hydrogen-bond acceptors (Lipinski definition) is 1. The molecule has 3 unspecified atom stereocenters. The topological polar surface area (TPSA) is 3.24 Å². The number of nitrogens with zero attached hydrogens (tertiary/aromatic N) is 1. The molecule has 1 aliphatic carbocycles. The molecular weight excluding hydrogens is 206 g/mol. The highest BCUT2D eigenvalue weighted by Crippen LogP contribution is 2.75. The van der Waals surface area contributed by atoms with Gasteiger partial charge in [-0.15, -0.1) is 0 Å². The van der Waals surface area contributed by atoms with Gasteiger partial charge in [-0.3, -0.25) is 4.90 Å². The molecule has 3 atom stereocenters. The van der Waals surface area contributed by atoms with Crippen molar-refractivity contribution in [2.24, 2.45) is 11.3 Å². The van der Waals surface area contributed by atoms with E-state index in [0.29, 0.717) is 5.41 Å². The lowest BCUT2D eigenvalue weighted by molar-refractivity contribution is 0.114. The molecule has 17 heavy (non-hydrogen) atoms. The van der Waals surface area contributed by atoms with Crippen LogP contribution in [-0.2, 0) is 0 Å². The van der Waals surface area contributed by atoms with Crippen LogP contribution in [0.5, 0.6) is 0 Å². The van der Waals surface area contributed by atoms with Crippen LogP contribution in [0.15, 0.2) is 42.5 Å². The highest BCUT2D eigenvalue weighted by Gasteiger charge is 2.82. The van der Waals surface area contributed by atoms with E-state index < -0.39 is 0 Å². The smallest absolute Gasteiger partial charge is 0.0295 e. The summed E-state index contributed by atoms with van der Waals surface area (Å²) in [6.45, 7) is 8.80. The lowest BCUT2D eigenvalue weighted by atomic mass is 9.88. The third kappa shape index (κ3) is 0.992. The Hall–Kier alpha value is -1.34. The normalized spacial score (nSPS) is 37.8. The molecule has 0 spiro atoms. The molecule has 2 heterocycles. The Kier molecular flexibility index (Phi) is 1.65. The van der Waals surface area contributed by atoms with Crippen LogP contribution in [0.25, 0.3) is 6.08 Å². The number of rotatable bonds is 3. The molecule has 3 fully saturated rings. The first kappa shape index (κ1) is 9.67. The van der Waals surface area contributed by atoms with Crippen LogP contribution in [0.2, 0.25) is 0 Å². The van der Waals surface area contributed by atoms with Crippen molar-refractivity contribution in [2.45, 2.75) is 13.0 Å². The van der Waals surface area contributed by atoms with Crippen molar-refractivity contribution in [3.05, 3.63) is 53.6 Å².